The average molecular weight is 421 g/mol. The van der Waals surface area contributed by atoms with E-state index < -0.39 is 11.7 Å². The molecular weight excluding hydrogens is 389 g/mol. The van der Waals surface area contributed by atoms with Gasteiger partial charge in [0.2, 0.25) is 5.91 Å². The lowest BCUT2D eigenvalue weighted by Gasteiger charge is -2.26. The number of benzene rings is 1. The minimum atomic E-state index is -4.36. The predicted octanol–water partition coefficient (Wildman–Crippen LogP) is 6.29. The first-order valence-corrected chi connectivity index (χ1v) is 10.5. The van der Waals surface area contributed by atoms with E-state index in [1.165, 1.54) is 12.1 Å². The van der Waals surface area contributed by atoms with Gasteiger partial charge in [0.05, 0.1) is 12.1 Å². The van der Waals surface area contributed by atoms with Crippen LogP contribution in [0.3, 0.4) is 0 Å². The number of hydrogen-bond acceptors (Lipinski definition) is 1. The molecule has 0 aliphatic rings. The third-order valence-electron chi connectivity index (χ3n) is 5.29. The number of carbonyl (C=O) groups is 1. The molecule has 0 N–H and O–H groups in total. The molecule has 3 nitrogen and oxygen atoms in total. The summed E-state index contributed by atoms with van der Waals surface area (Å²) in [5.74, 6) is 0.0921. The molecule has 0 saturated heterocycles. The van der Waals surface area contributed by atoms with Crippen LogP contribution in [0, 0.1) is 5.92 Å². The lowest BCUT2D eigenvalue weighted by Crippen LogP contribution is -2.36. The van der Waals surface area contributed by atoms with Gasteiger partial charge in [0.1, 0.15) is 0 Å². The van der Waals surface area contributed by atoms with Gasteiger partial charge in [-0.3, -0.25) is 4.79 Å². The van der Waals surface area contributed by atoms with Crippen LogP contribution in [0.25, 0.3) is 0 Å². The molecule has 0 fully saturated rings. The number of unbranched alkanes of at least 4 members (excludes halogenated alkanes) is 1. The Morgan fingerprint density at radius 3 is 2.63 bits per heavy atom. The first-order valence-electron chi connectivity index (χ1n) is 10.5. The minimum absolute atomic E-state index is 0.0169. The molecule has 2 rings (SSSR count). The van der Waals surface area contributed by atoms with E-state index in [-0.39, 0.29) is 11.8 Å². The molecular formula is C24H31F3N2O. The molecule has 30 heavy (non-hydrogen) atoms. The van der Waals surface area contributed by atoms with Crippen LogP contribution < -0.4 is 0 Å². The van der Waals surface area contributed by atoms with Crippen molar-refractivity contribution >= 4 is 5.91 Å². The maximum Gasteiger partial charge on any atom is 0.416 e. The van der Waals surface area contributed by atoms with E-state index in [0.717, 1.165) is 37.4 Å². The fraction of sp³-hybridized carbons (Fsp3) is 0.458. The van der Waals surface area contributed by atoms with Gasteiger partial charge in [-0.25, -0.2) is 0 Å². The molecule has 0 bridgehead atoms. The SMILES string of the molecule is C=CCN(Cc1cccn1Cc1cccc(C(F)(F)F)c1)C(=O)[C@@H](CC)CCCC. The Bertz CT molecular complexity index is 826. The number of carbonyl (C=O) groups excluding carboxylic acids is 1. The first-order chi connectivity index (χ1) is 14.3. The van der Waals surface area contributed by atoms with Crippen LogP contribution in [0.2, 0.25) is 0 Å². The fourth-order valence-electron chi connectivity index (χ4n) is 3.58. The number of halogens is 3. The van der Waals surface area contributed by atoms with Crippen LogP contribution in [0.4, 0.5) is 13.2 Å². The summed E-state index contributed by atoms with van der Waals surface area (Å²) in [5.41, 5.74) is 0.796. The van der Waals surface area contributed by atoms with E-state index >= 15 is 0 Å². The molecule has 6 heteroatoms. The topological polar surface area (TPSA) is 25.2 Å². The molecule has 164 valence electrons. The van der Waals surface area contributed by atoms with Gasteiger partial charge in [-0.2, -0.15) is 13.2 Å². The minimum Gasteiger partial charge on any atom is -0.345 e. The molecule has 1 atom stereocenters. The molecule has 0 spiro atoms. The number of rotatable bonds is 11. The summed E-state index contributed by atoms with van der Waals surface area (Å²) in [5, 5.41) is 0. The number of hydrogen-bond donors (Lipinski definition) is 0. The quantitative estimate of drug-likeness (QED) is 0.392. The molecule has 0 radical (unpaired) electrons. The van der Waals surface area contributed by atoms with Crippen molar-refractivity contribution < 1.29 is 18.0 Å². The van der Waals surface area contributed by atoms with Crippen molar-refractivity contribution in [1.29, 1.82) is 0 Å². The fourth-order valence-corrected chi connectivity index (χ4v) is 3.58. The zero-order chi connectivity index (χ0) is 22.1. The Morgan fingerprint density at radius 1 is 1.23 bits per heavy atom. The highest BCUT2D eigenvalue weighted by atomic mass is 19.4. The average Bonchev–Trinajstić information content (AvgIpc) is 3.14. The van der Waals surface area contributed by atoms with E-state index in [2.05, 4.69) is 13.5 Å². The standard InChI is InChI=1S/C24H31F3N2O/c1-4-7-11-20(6-3)23(30)29(14-5-2)18-22-13-9-15-28(22)17-19-10-8-12-21(16-19)24(25,26)27/h5,8-10,12-13,15-16,20H,2,4,6-7,11,14,17-18H2,1,3H3/t20-/m0/s1. The summed E-state index contributed by atoms with van der Waals surface area (Å²) < 4.78 is 40.9. The highest BCUT2D eigenvalue weighted by Gasteiger charge is 2.30. The summed E-state index contributed by atoms with van der Waals surface area (Å²) in [4.78, 5) is 14.9. The maximum atomic E-state index is 13.1. The summed E-state index contributed by atoms with van der Waals surface area (Å²) in [7, 11) is 0. The van der Waals surface area contributed by atoms with Gasteiger partial charge in [-0.1, -0.05) is 44.9 Å². The normalized spacial score (nSPS) is 12.6. The van der Waals surface area contributed by atoms with E-state index in [1.54, 1.807) is 17.0 Å². The molecule has 0 aliphatic heterocycles. The molecule has 1 amide bonds. The van der Waals surface area contributed by atoms with Gasteiger partial charge in [0, 0.05) is 30.9 Å². The molecule has 0 saturated carbocycles. The second-order valence-electron chi connectivity index (χ2n) is 7.58. The van der Waals surface area contributed by atoms with Crippen molar-refractivity contribution in [2.24, 2.45) is 5.92 Å². The van der Waals surface area contributed by atoms with Gasteiger partial charge in [-0.15, -0.1) is 6.58 Å². The van der Waals surface area contributed by atoms with Crippen molar-refractivity contribution in [3.63, 3.8) is 0 Å². The van der Waals surface area contributed by atoms with Crippen molar-refractivity contribution in [1.82, 2.24) is 9.47 Å². The van der Waals surface area contributed by atoms with Gasteiger partial charge >= 0.3 is 6.18 Å². The Labute approximate surface area is 177 Å². The van der Waals surface area contributed by atoms with Crippen LogP contribution in [-0.4, -0.2) is 21.9 Å². The van der Waals surface area contributed by atoms with Gasteiger partial charge < -0.3 is 9.47 Å². The van der Waals surface area contributed by atoms with Crippen LogP contribution in [0.1, 0.15) is 56.4 Å². The smallest absolute Gasteiger partial charge is 0.345 e. The first kappa shape index (κ1) is 23.8. The Morgan fingerprint density at radius 2 is 2.00 bits per heavy atom. The van der Waals surface area contributed by atoms with Crippen molar-refractivity contribution in [2.45, 2.75) is 58.8 Å². The van der Waals surface area contributed by atoms with E-state index in [9.17, 15) is 18.0 Å². The van der Waals surface area contributed by atoms with Crippen LogP contribution in [0.15, 0.2) is 55.3 Å². The zero-order valence-corrected chi connectivity index (χ0v) is 17.8. The van der Waals surface area contributed by atoms with E-state index in [0.29, 0.717) is 25.2 Å². The number of aromatic nitrogens is 1. The zero-order valence-electron chi connectivity index (χ0n) is 17.8. The van der Waals surface area contributed by atoms with Crippen molar-refractivity contribution in [3.8, 4) is 0 Å². The highest BCUT2D eigenvalue weighted by Crippen LogP contribution is 2.29. The van der Waals surface area contributed by atoms with E-state index in [1.807, 2.05) is 29.8 Å². The second-order valence-corrected chi connectivity index (χ2v) is 7.58. The number of nitrogens with zero attached hydrogens (tertiary/aromatic N) is 2. The third-order valence-corrected chi connectivity index (χ3v) is 5.29. The van der Waals surface area contributed by atoms with Crippen LogP contribution in [-0.2, 0) is 24.1 Å². The third kappa shape index (κ3) is 6.51. The Balaban J connectivity index is 2.18. The monoisotopic (exact) mass is 420 g/mol. The van der Waals surface area contributed by atoms with Gasteiger partial charge in [0.15, 0.2) is 0 Å². The van der Waals surface area contributed by atoms with Crippen molar-refractivity contribution in [2.75, 3.05) is 6.54 Å². The Kier molecular flexibility index (Phi) is 8.75. The van der Waals surface area contributed by atoms with Crippen LogP contribution >= 0.6 is 0 Å². The van der Waals surface area contributed by atoms with Gasteiger partial charge in [-0.05, 0) is 42.7 Å². The molecule has 1 heterocycles. The summed E-state index contributed by atoms with van der Waals surface area (Å²) in [6, 6.07) is 9.12. The molecule has 0 unspecified atom stereocenters. The summed E-state index contributed by atoms with van der Waals surface area (Å²) in [6.45, 7) is 9.07. The van der Waals surface area contributed by atoms with Crippen molar-refractivity contribution in [3.05, 3.63) is 72.1 Å². The maximum absolute atomic E-state index is 13.1. The second kappa shape index (κ2) is 11.0. The predicted molar refractivity (Wildman–Crippen MR) is 114 cm³/mol. The van der Waals surface area contributed by atoms with E-state index in [4.69, 9.17) is 0 Å². The lowest BCUT2D eigenvalue weighted by molar-refractivity contribution is -0.138. The highest BCUT2D eigenvalue weighted by molar-refractivity contribution is 5.78. The Hall–Kier alpha value is -2.50. The lowest BCUT2D eigenvalue weighted by atomic mass is 9.97. The number of alkyl halides is 3. The largest absolute Gasteiger partial charge is 0.416 e. The molecule has 1 aromatic carbocycles. The number of amides is 1. The summed E-state index contributed by atoms with van der Waals surface area (Å²) in [6.07, 6.45) is 2.90. The molecule has 2 aromatic rings. The molecule has 0 aliphatic carbocycles. The summed E-state index contributed by atoms with van der Waals surface area (Å²) >= 11 is 0. The molecule has 1 aromatic heterocycles. The van der Waals surface area contributed by atoms with Crippen LogP contribution in [0.5, 0.6) is 0 Å². The van der Waals surface area contributed by atoms with Gasteiger partial charge in [0.25, 0.3) is 0 Å².